The van der Waals surface area contributed by atoms with Gasteiger partial charge >= 0.3 is 12.1 Å². The first kappa shape index (κ1) is 20.1. The smallest absolute Gasteiger partial charge is 0.407 e. The van der Waals surface area contributed by atoms with Crippen LogP contribution >= 0.6 is 0 Å². The molecular weight excluding hydrogens is 356 g/mol. The highest BCUT2D eigenvalue weighted by Gasteiger charge is 2.33. The zero-order chi connectivity index (χ0) is 20.3. The number of nitrogens with zero attached hydrogens (tertiary/aromatic N) is 1. The molecular formula is C22H28N2O4. The van der Waals surface area contributed by atoms with E-state index < -0.39 is 23.7 Å². The Morgan fingerprint density at radius 1 is 1.18 bits per heavy atom. The first-order chi connectivity index (χ1) is 13.2. The molecule has 1 saturated heterocycles. The Kier molecular flexibility index (Phi) is 5.89. The summed E-state index contributed by atoms with van der Waals surface area (Å²) in [6.45, 7) is 6.61. The van der Waals surface area contributed by atoms with Crippen LogP contribution < -0.4 is 5.32 Å². The van der Waals surface area contributed by atoms with Gasteiger partial charge in [-0.25, -0.2) is 4.79 Å². The summed E-state index contributed by atoms with van der Waals surface area (Å²) in [6.07, 6.45) is 1.16. The lowest BCUT2D eigenvalue weighted by molar-refractivity contribution is -0.144. The third kappa shape index (κ3) is 5.01. The van der Waals surface area contributed by atoms with Gasteiger partial charge in [-0.1, -0.05) is 36.4 Å². The fourth-order valence-electron chi connectivity index (χ4n) is 3.72. The van der Waals surface area contributed by atoms with Crippen molar-refractivity contribution in [1.29, 1.82) is 0 Å². The van der Waals surface area contributed by atoms with Crippen molar-refractivity contribution in [2.45, 2.75) is 51.3 Å². The van der Waals surface area contributed by atoms with Crippen LogP contribution in [0.15, 0.2) is 42.5 Å². The minimum atomic E-state index is -0.881. The average Bonchev–Trinajstić information content (AvgIpc) is 2.60. The van der Waals surface area contributed by atoms with Crippen LogP contribution in [0.5, 0.6) is 0 Å². The molecule has 1 aliphatic heterocycles. The second-order valence-electron chi connectivity index (χ2n) is 8.33. The number of carbonyl (C=O) groups is 2. The van der Waals surface area contributed by atoms with Crippen molar-refractivity contribution >= 4 is 22.8 Å². The van der Waals surface area contributed by atoms with Crippen molar-refractivity contribution in [3.63, 3.8) is 0 Å². The molecule has 1 amide bonds. The molecule has 6 nitrogen and oxygen atoms in total. The van der Waals surface area contributed by atoms with Gasteiger partial charge in [0.2, 0.25) is 0 Å². The zero-order valence-corrected chi connectivity index (χ0v) is 16.6. The summed E-state index contributed by atoms with van der Waals surface area (Å²) in [5.74, 6) is -0.881. The highest BCUT2D eigenvalue weighted by molar-refractivity contribution is 5.85. The van der Waals surface area contributed by atoms with E-state index in [2.05, 4.69) is 5.32 Å². The summed E-state index contributed by atoms with van der Waals surface area (Å²) in [5, 5.41) is 14.9. The molecule has 0 aliphatic carbocycles. The number of carboxylic acids is 1. The fraction of sp³-hybridized carbons (Fsp3) is 0.455. The zero-order valence-electron chi connectivity index (χ0n) is 16.6. The normalized spacial score (nSPS) is 19.2. The van der Waals surface area contributed by atoms with E-state index in [0.29, 0.717) is 13.1 Å². The molecule has 2 aromatic carbocycles. The number of hydrogen-bond donors (Lipinski definition) is 2. The van der Waals surface area contributed by atoms with E-state index in [0.717, 1.165) is 29.2 Å². The molecule has 2 atom stereocenters. The molecule has 0 saturated carbocycles. The van der Waals surface area contributed by atoms with Gasteiger partial charge in [-0.3, -0.25) is 9.69 Å². The molecule has 0 unspecified atom stereocenters. The Balaban J connectivity index is 1.76. The van der Waals surface area contributed by atoms with Crippen LogP contribution in [-0.2, 0) is 9.53 Å². The van der Waals surface area contributed by atoms with E-state index >= 15 is 0 Å². The number of fused-ring (bicyclic) bond motifs is 1. The van der Waals surface area contributed by atoms with Crippen molar-refractivity contribution in [1.82, 2.24) is 10.2 Å². The lowest BCUT2D eigenvalue weighted by Crippen LogP contribution is -2.50. The molecule has 0 aromatic heterocycles. The SMILES string of the molecule is CC(C)(C)OC(=O)N[C@@H]1CCCN([C@H](C(=O)O)c2ccc3ccccc3c2)C1. The molecule has 1 heterocycles. The fourth-order valence-corrected chi connectivity index (χ4v) is 3.72. The lowest BCUT2D eigenvalue weighted by Gasteiger charge is -2.37. The number of nitrogens with one attached hydrogen (secondary N) is 1. The minimum Gasteiger partial charge on any atom is -0.480 e. The van der Waals surface area contributed by atoms with Crippen molar-refractivity contribution in [2.24, 2.45) is 0 Å². The monoisotopic (exact) mass is 384 g/mol. The molecule has 0 radical (unpaired) electrons. The van der Waals surface area contributed by atoms with Crippen LogP contribution in [0.3, 0.4) is 0 Å². The van der Waals surface area contributed by atoms with Gasteiger partial charge in [-0.2, -0.15) is 0 Å². The Morgan fingerprint density at radius 2 is 1.89 bits per heavy atom. The number of ether oxygens (including phenoxy) is 1. The number of amides is 1. The van der Waals surface area contributed by atoms with Gasteiger partial charge in [-0.05, 0) is 62.6 Å². The number of rotatable bonds is 4. The summed E-state index contributed by atoms with van der Waals surface area (Å²) in [7, 11) is 0. The van der Waals surface area contributed by atoms with Crippen molar-refractivity contribution in [2.75, 3.05) is 13.1 Å². The second-order valence-corrected chi connectivity index (χ2v) is 8.33. The number of carboxylic acid groups (broad SMARTS) is 1. The number of alkyl carbamates (subject to hydrolysis) is 1. The van der Waals surface area contributed by atoms with Crippen LogP contribution in [0.4, 0.5) is 4.79 Å². The number of hydrogen-bond acceptors (Lipinski definition) is 4. The number of carbonyl (C=O) groups excluding carboxylic acids is 1. The first-order valence-corrected chi connectivity index (χ1v) is 9.68. The number of benzene rings is 2. The largest absolute Gasteiger partial charge is 0.480 e. The summed E-state index contributed by atoms with van der Waals surface area (Å²) < 4.78 is 5.33. The van der Waals surface area contributed by atoms with Gasteiger partial charge < -0.3 is 15.2 Å². The average molecular weight is 384 g/mol. The highest BCUT2D eigenvalue weighted by Crippen LogP contribution is 2.28. The minimum absolute atomic E-state index is 0.133. The van der Waals surface area contributed by atoms with Gasteiger partial charge in [0, 0.05) is 12.6 Å². The topological polar surface area (TPSA) is 78.9 Å². The maximum atomic E-state index is 12.1. The molecule has 0 spiro atoms. The molecule has 1 aliphatic rings. The number of likely N-dealkylation sites (tertiary alicyclic amines) is 1. The Labute approximate surface area is 165 Å². The van der Waals surface area contributed by atoms with Crippen molar-refractivity contribution in [3.05, 3.63) is 48.0 Å². The van der Waals surface area contributed by atoms with E-state index in [1.165, 1.54) is 0 Å². The van der Waals surface area contributed by atoms with Crippen LogP contribution in [0.25, 0.3) is 10.8 Å². The van der Waals surface area contributed by atoms with Crippen LogP contribution in [0.1, 0.15) is 45.2 Å². The predicted molar refractivity (Wildman–Crippen MR) is 108 cm³/mol. The third-order valence-electron chi connectivity index (χ3n) is 4.86. The molecule has 0 bridgehead atoms. The van der Waals surface area contributed by atoms with E-state index in [1.54, 1.807) is 0 Å². The van der Waals surface area contributed by atoms with Crippen LogP contribution in [0, 0.1) is 0 Å². The van der Waals surface area contributed by atoms with Crippen LogP contribution in [0.2, 0.25) is 0 Å². The van der Waals surface area contributed by atoms with E-state index in [1.807, 2.05) is 68.1 Å². The molecule has 6 heteroatoms. The van der Waals surface area contributed by atoms with Gasteiger partial charge in [0.05, 0.1) is 0 Å². The lowest BCUT2D eigenvalue weighted by atomic mass is 9.97. The van der Waals surface area contributed by atoms with E-state index in [4.69, 9.17) is 4.74 Å². The maximum Gasteiger partial charge on any atom is 0.407 e. The maximum absolute atomic E-state index is 12.1. The Hall–Kier alpha value is -2.60. The van der Waals surface area contributed by atoms with E-state index in [-0.39, 0.29) is 6.04 Å². The quantitative estimate of drug-likeness (QED) is 0.834. The predicted octanol–water partition coefficient (Wildman–Crippen LogP) is 3.95. The summed E-state index contributed by atoms with van der Waals surface area (Å²) >= 11 is 0. The molecule has 1 fully saturated rings. The molecule has 150 valence electrons. The molecule has 2 N–H and O–H groups in total. The second kappa shape index (κ2) is 8.19. The van der Waals surface area contributed by atoms with Gasteiger partial charge in [0.25, 0.3) is 0 Å². The highest BCUT2D eigenvalue weighted by atomic mass is 16.6. The molecule has 3 rings (SSSR count). The first-order valence-electron chi connectivity index (χ1n) is 9.68. The third-order valence-corrected chi connectivity index (χ3v) is 4.86. The summed E-state index contributed by atoms with van der Waals surface area (Å²) in [5.41, 5.74) is 0.191. The Bertz CT molecular complexity index is 859. The van der Waals surface area contributed by atoms with Gasteiger partial charge in [0.1, 0.15) is 11.6 Å². The van der Waals surface area contributed by atoms with Gasteiger partial charge in [-0.15, -0.1) is 0 Å². The van der Waals surface area contributed by atoms with Crippen LogP contribution in [-0.4, -0.2) is 46.8 Å². The van der Waals surface area contributed by atoms with Gasteiger partial charge in [0.15, 0.2) is 0 Å². The molecule has 28 heavy (non-hydrogen) atoms. The Morgan fingerprint density at radius 3 is 2.57 bits per heavy atom. The number of aliphatic carboxylic acids is 1. The number of piperidine rings is 1. The summed E-state index contributed by atoms with van der Waals surface area (Å²) in [6, 6.07) is 12.8. The van der Waals surface area contributed by atoms with E-state index in [9.17, 15) is 14.7 Å². The standard InChI is InChI=1S/C22H28N2O4/c1-22(2,3)28-21(27)23-18-9-6-12-24(14-18)19(20(25)26)17-11-10-15-7-4-5-8-16(15)13-17/h4-5,7-8,10-11,13,18-19H,6,9,12,14H2,1-3H3,(H,23,27)(H,25,26)/t18-,19+/m1/s1. The van der Waals surface area contributed by atoms with Crippen molar-refractivity contribution in [3.8, 4) is 0 Å². The summed E-state index contributed by atoms with van der Waals surface area (Å²) in [4.78, 5) is 26.1. The molecule has 2 aromatic rings. The van der Waals surface area contributed by atoms with Crippen molar-refractivity contribution < 1.29 is 19.4 Å².